The monoisotopic (exact) mass is 346 g/mol. The van der Waals surface area contributed by atoms with E-state index in [1.54, 1.807) is 12.4 Å². The number of nitrogens with one attached hydrogen (secondary N) is 1. The Morgan fingerprint density at radius 3 is 3.04 bits per heavy atom. The van der Waals surface area contributed by atoms with Crippen molar-refractivity contribution in [1.82, 2.24) is 4.98 Å². The van der Waals surface area contributed by atoms with Crippen LogP contribution >= 0.6 is 0 Å². The molecule has 0 saturated heterocycles. The fourth-order valence-electron chi connectivity index (χ4n) is 3.28. The first kappa shape index (κ1) is 16.6. The molecule has 2 aromatic carbocycles. The molecule has 1 aromatic heterocycles. The minimum absolute atomic E-state index is 0.0621. The Hall–Kier alpha value is -2.86. The van der Waals surface area contributed by atoms with Crippen molar-refractivity contribution >= 4 is 29.5 Å². The second-order valence-electron chi connectivity index (χ2n) is 6.57. The molecule has 6 heteroatoms. The standard InChI is InChI=1S/C20H19BN2O3/c24-20(23-18-5-4-17-13-22-9-7-15(17)12-18)11-14-3-6-19-16(10-14)2-1-8-21(25)26-19/h3-7,9-10,12-13,25H,1-2,8,11H2,(H,23,24). The lowest BCUT2D eigenvalue weighted by molar-refractivity contribution is -0.115. The molecule has 26 heavy (non-hydrogen) atoms. The highest BCUT2D eigenvalue weighted by molar-refractivity contribution is 6.43. The predicted octanol–water partition coefficient (Wildman–Crippen LogP) is 3.22. The molecule has 2 N–H and O–H groups in total. The molecule has 130 valence electrons. The highest BCUT2D eigenvalue weighted by Gasteiger charge is 2.21. The number of hydrogen-bond acceptors (Lipinski definition) is 4. The van der Waals surface area contributed by atoms with Crippen LogP contribution in [-0.4, -0.2) is 23.0 Å². The van der Waals surface area contributed by atoms with Gasteiger partial charge >= 0.3 is 7.12 Å². The first-order valence-electron chi connectivity index (χ1n) is 8.77. The summed E-state index contributed by atoms with van der Waals surface area (Å²) in [5, 5.41) is 14.7. The number of aromatic nitrogens is 1. The molecular weight excluding hydrogens is 327 g/mol. The van der Waals surface area contributed by atoms with Crippen molar-refractivity contribution in [1.29, 1.82) is 0 Å². The van der Waals surface area contributed by atoms with Gasteiger partial charge in [0.25, 0.3) is 0 Å². The molecule has 1 aliphatic rings. The van der Waals surface area contributed by atoms with E-state index < -0.39 is 7.12 Å². The van der Waals surface area contributed by atoms with E-state index in [1.807, 2.05) is 42.5 Å². The lowest BCUT2D eigenvalue weighted by Gasteiger charge is -2.11. The van der Waals surface area contributed by atoms with Gasteiger partial charge in [-0.2, -0.15) is 0 Å². The van der Waals surface area contributed by atoms with Crippen molar-refractivity contribution in [2.24, 2.45) is 0 Å². The van der Waals surface area contributed by atoms with Crippen LogP contribution in [0.25, 0.3) is 10.8 Å². The number of hydrogen-bond donors (Lipinski definition) is 2. The summed E-state index contributed by atoms with van der Waals surface area (Å²) >= 11 is 0. The zero-order chi connectivity index (χ0) is 17.9. The summed E-state index contributed by atoms with van der Waals surface area (Å²) < 4.78 is 5.50. The molecule has 2 heterocycles. The molecule has 0 spiro atoms. The number of nitrogens with zero attached hydrogens (tertiary/aromatic N) is 1. The fraction of sp³-hybridized carbons (Fsp3) is 0.200. The van der Waals surface area contributed by atoms with E-state index in [1.165, 1.54) is 0 Å². The zero-order valence-corrected chi connectivity index (χ0v) is 14.3. The third-order valence-corrected chi connectivity index (χ3v) is 4.57. The second-order valence-corrected chi connectivity index (χ2v) is 6.57. The van der Waals surface area contributed by atoms with Crippen molar-refractivity contribution in [2.45, 2.75) is 25.6 Å². The van der Waals surface area contributed by atoms with Gasteiger partial charge in [-0.05, 0) is 59.9 Å². The molecule has 0 saturated carbocycles. The van der Waals surface area contributed by atoms with Crippen LogP contribution in [0.3, 0.4) is 0 Å². The van der Waals surface area contributed by atoms with Crippen LogP contribution in [0.2, 0.25) is 6.32 Å². The number of aryl methyl sites for hydroxylation is 1. The van der Waals surface area contributed by atoms with Gasteiger partial charge in [-0.15, -0.1) is 0 Å². The number of fused-ring (bicyclic) bond motifs is 2. The van der Waals surface area contributed by atoms with Crippen molar-refractivity contribution in [3.8, 4) is 5.75 Å². The first-order valence-corrected chi connectivity index (χ1v) is 8.77. The second kappa shape index (κ2) is 7.18. The maximum absolute atomic E-state index is 12.4. The molecule has 0 bridgehead atoms. The highest BCUT2D eigenvalue weighted by Crippen LogP contribution is 2.27. The smallest absolute Gasteiger partial charge is 0.522 e. The Morgan fingerprint density at radius 2 is 2.12 bits per heavy atom. The van der Waals surface area contributed by atoms with Gasteiger partial charge in [0.1, 0.15) is 5.75 Å². The van der Waals surface area contributed by atoms with Crippen LogP contribution in [0.5, 0.6) is 5.75 Å². The third-order valence-electron chi connectivity index (χ3n) is 4.57. The highest BCUT2D eigenvalue weighted by atomic mass is 16.5. The molecule has 0 fully saturated rings. The Kier molecular flexibility index (Phi) is 4.58. The number of pyridine rings is 1. The van der Waals surface area contributed by atoms with Crippen molar-refractivity contribution in [2.75, 3.05) is 5.32 Å². The number of benzene rings is 2. The van der Waals surface area contributed by atoms with Crippen molar-refractivity contribution in [3.05, 3.63) is 66.0 Å². The first-order chi connectivity index (χ1) is 12.7. The maximum atomic E-state index is 12.4. The van der Waals surface area contributed by atoms with E-state index in [2.05, 4.69) is 10.3 Å². The van der Waals surface area contributed by atoms with E-state index in [4.69, 9.17) is 4.65 Å². The van der Waals surface area contributed by atoms with E-state index in [0.29, 0.717) is 18.5 Å². The molecule has 0 aliphatic carbocycles. The lowest BCUT2D eigenvalue weighted by Crippen LogP contribution is -2.19. The average molecular weight is 346 g/mol. The van der Waals surface area contributed by atoms with Crippen molar-refractivity contribution < 1.29 is 14.5 Å². The van der Waals surface area contributed by atoms with Gasteiger partial charge in [0, 0.05) is 23.5 Å². The normalized spacial score (nSPS) is 13.7. The van der Waals surface area contributed by atoms with Crippen LogP contribution in [-0.2, 0) is 17.6 Å². The number of carbonyl (C=O) groups excluding carboxylic acids is 1. The molecular formula is C20H19BN2O3. The molecule has 0 unspecified atom stereocenters. The van der Waals surface area contributed by atoms with Gasteiger partial charge in [-0.1, -0.05) is 18.2 Å². The summed E-state index contributed by atoms with van der Waals surface area (Å²) in [7, 11) is -0.742. The van der Waals surface area contributed by atoms with Gasteiger partial charge in [-0.3, -0.25) is 9.78 Å². The minimum Gasteiger partial charge on any atom is -0.536 e. The fourth-order valence-corrected chi connectivity index (χ4v) is 3.28. The molecule has 5 nitrogen and oxygen atoms in total. The quantitative estimate of drug-likeness (QED) is 0.715. The largest absolute Gasteiger partial charge is 0.536 e. The van der Waals surface area contributed by atoms with Crippen LogP contribution in [0.4, 0.5) is 5.69 Å². The van der Waals surface area contributed by atoms with Crippen molar-refractivity contribution in [3.63, 3.8) is 0 Å². The summed E-state index contributed by atoms with van der Waals surface area (Å²) in [6, 6.07) is 13.4. The Bertz CT molecular complexity index is 961. The number of rotatable bonds is 3. The number of carbonyl (C=O) groups is 1. The Labute approximate surface area is 152 Å². The van der Waals surface area contributed by atoms with Crippen LogP contribution in [0.1, 0.15) is 17.5 Å². The molecule has 1 amide bonds. The number of amides is 1. The van der Waals surface area contributed by atoms with Gasteiger partial charge in [0.2, 0.25) is 5.91 Å². The van der Waals surface area contributed by atoms with E-state index in [0.717, 1.165) is 40.4 Å². The zero-order valence-electron chi connectivity index (χ0n) is 14.3. The lowest BCUT2D eigenvalue weighted by atomic mass is 9.84. The SMILES string of the molecule is O=C(Cc1ccc2c(c1)CCCB(O)O2)Nc1ccc2cnccc2c1. The summed E-state index contributed by atoms with van der Waals surface area (Å²) in [6.45, 7) is 0. The predicted molar refractivity (Wildman–Crippen MR) is 102 cm³/mol. The van der Waals surface area contributed by atoms with Gasteiger partial charge < -0.3 is 15.0 Å². The van der Waals surface area contributed by atoms with E-state index in [9.17, 15) is 9.82 Å². The molecule has 4 rings (SSSR count). The maximum Gasteiger partial charge on any atom is 0.522 e. The Balaban J connectivity index is 1.46. The molecule has 3 aromatic rings. The molecule has 0 atom stereocenters. The summed E-state index contributed by atoms with van der Waals surface area (Å²) in [4.78, 5) is 16.5. The molecule has 1 aliphatic heterocycles. The van der Waals surface area contributed by atoms with E-state index >= 15 is 0 Å². The average Bonchev–Trinajstić information content (AvgIpc) is 2.82. The van der Waals surface area contributed by atoms with Gasteiger partial charge in [0.05, 0.1) is 6.42 Å². The topological polar surface area (TPSA) is 71.5 Å². The van der Waals surface area contributed by atoms with Crippen LogP contribution in [0.15, 0.2) is 54.9 Å². The van der Waals surface area contributed by atoms with Gasteiger partial charge in [-0.25, -0.2) is 0 Å². The number of anilines is 1. The molecule has 0 radical (unpaired) electrons. The summed E-state index contributed by atoms with van der Waals surface area (Å²) in [5.74, 6) is 0.648. The van der Waals surface area contributed by atoms with Gasteiger partial charge in [0.15, 0.2) is 0 Å². The minimum atomic E-state index is -0.742. The van der Waals surface area contributed by atoms with Crippen LogP contribution < -0.4 is 9.97 Å². The van der Waals surface area contributed by atoms with E-state index in [-0.39, 0.29) is 5.91 Å². The summed E-state index contributed by atoms with van der Waals surface area (Å²) in [6.07, 6.45) is 6.18. The third kappa shape index (κ3) is 3.70. The Morgan fingerprint density at radius 1 is 1.19 bits per heavy atom. The van der Waals surface area contributed by atoms with Crippen LogP contribution in [0, 0.1) is 0 Å². The summed E-state index contributed by atoms with van der Waals surface area (Å²) in [5.41, 5.74) is 2.76.